The van der Waals surface area contributed by atoms with E-state index < -0.39 is 5.97 Å². The van der Waals surface area contributed by atoms with E-state index in [4.69, 9.17) is 9.47 Å². The van der Waals surface area contributed by atoms with Crippen LogP contribution in [0.15, 0.2) is 42.6 Å². The summed E-state index contributed by atoms with van der Waals surface area (Å²) in [6, 6.07) is 9.94. The number of rotatable bonds is 7. The Morgan fingerprint density at radius 1 is 1.16 bits per heavy atom. The molecule has 0 saturated carbocycles. The number of pyridine rings is 1. The lowest BCUT2D eigenvalue weighted by Crippen LogP contribution is -2.14. The molecule has 0 fully saturated rings. The topological polar surface area (TPSA) is 77.5 Å². The lowest BCUT2D eigenvalue weighted by molar-refractivity contribution is 0.0526. The summed E-state index contributed by atoms with van der Waals surface area (Å²) < 4.78 is 10.6. The Bertz CT molecular complexity index is 744. The quantitative estimate of drug-likeness (QED) is 0.779. The predicted molar refractivity (Wildman–Crippen MR) is 94.9 cm³/mol. The molecule has 1 amide bonds. The van der Waals surface area contributed by atoms with Crippen LogP contribution in [0.4, 0.5) is 5.82 Å². The van der Waals surface area contributed by atoms with Crippen LogP contribution in [0.25, 0.3) is 0 Å². The largest absolute Gasteiger partial charge is 0.493 e. The zero-order chi connectivity index (χ0) is 18.2. The van der Waals surface area contributed by atoms with Crippen LogP contribution in [0.3, 0.4) is 0 Å². The lowest BCUT2D eigenvalue weighted by atomic mass is 10.2. The summed E-state index contributed by atoms with van der Waals surface area (Å²) in [4.78, 5) is 28.2. The molecular weight excluding hydrogens is 320 g/mol. The molecule has 0 unspecified atom stereocenters. The van der Waals surface area contributed by atoms with Crippen LogP contribution >= 0.6 is 0 Å². The van der Waals surface area contributed by atoms with E-state index in [9.17, 15) is 9.59 Å². The van der Waals surface area contributed by atoms with E-state index in [1.165, 1.54) is 18.3 Å². The first-order valence-electron chi connectivity index (χ1n) is 8.17. The molecule has 25 heavy (non-hydrogen) atoms. The molecule has 2 rings (SSSR count). The number of carbonyl (C=O) groups excluding carboxylic acids is 2. The number of anilines is 1. The van der Waals surface area contributed by atoms with Gasteiger partial charge in [-0.2, -0.15) is 0 Å². The fourth-order valence-corrected chi connectivity index (χ4v) is 2.02. The van der Waals surface area contributed by atoms with Crippen molar-refractivity contribution in [3.8, 4) is 5.75 Å². The van der Waals surface area contributed by atoms with Gasteiger partial charge < -0.3 is 14.8 Å². The predicted octanol–water partition coefficient (Wildman–Crippen LogP) is 3.55. The Morgan fingerprint density at radius 3 is 2.68 bits per heavy atom. The summed E-state index contributed by atoms with van der Waals surface area (Å²) in [5, 5.41) is 2.67. The molecule has 0 aliphatic carbocycles. The minimum absolute atomic E-state index is 0.282. The summed E-state index contributed by atoms with van der Waals surface area (Å²) in [6.45, 7) is 6.70. The number of nitrogens with zero attached hydrogens (tertiary/aromatic N) is 1. The highest BCUT2D eigenvalue weighted by Crippen LogP contribution is 2.16. The second-order valence-corrected chi connectivity index (χ2v) is 5.84. The molecule has 2 aromatic rings. The summed E-state index contributed by atoms with van der Waals surface area (Å²) >= 11 is 0. The van der Waals surface area contributed by atoms with E-state index in [0.29, 0.717) is 29.4 Å². The average Bonchev–Trinajstić information content (AvgIpc) is 2.60. The van der Waals surface area contributed by atoms with Gasteiger partial charge in [-0.15, -0.1) is 0 Å². The number of amides is 1. The maximum Gasteiger partial charge on any atom is 0.338 e. The monoisotopic (exact) mass is 342 g/mol. The minimum Gasteiger partial charge on any atom is -0.493 e. The molecule has 0 aliphatic heterocycles. The van der Waals surface area contributed by atoms with Crippen molar-refractivity contribution >= 4 is 17.7 Å². The second kappa shape index (κ2) is 8.82. The third-order valence-corrected chi connectivity index (χ3v) is 3.19. The molecular formula is C19H22N2O4. The SMILES string of the molecule is CCOC(=O)c1ccnc(NC(=O)c2cccc(OCC(C)C)c2)c1. The van der Waals surface area contributed by atoms with Crippen molar-refractivity contribution in [1.29, 1.82) is 0 Å². The van der Waals surface area contributed by atoms with Crippen LogP contribution < -0.4 is 10.1 Å². The number of carbonyl (C=O) groups is 2. The van der Waals surface area contributed by atoms with E-state index in [2.05, 4.69) is 24.1 Å². The number of hydrogen-bond donors (Lipinski definition) is 1. The van der Waals surface area contributed by atoms with Gasteiger partial charge >= 0.3 is 5.97 Å². The highest BCUT2D eigenvalue weighted by atomic mass is 16.5. The first kappa shape index (κ1) is 18.4. The van der Waals surface area contributed by atoms with Crippen LogP contribution in [0.2, 0.25) is 0 Å². The van der Waals surface area contributed by atoms with Gasteiger partial charge in [-0.1, -0.05) is 19.9 Å². The van der Waals surface area contributed by atoms with Gasteiger partial charge in [0.2, 0.25) is 0 Å². The van der Waals surface area contributed by atoms with Crippen molar-refractivity contribution in [2.24, 2.45) is 5.92 Å². The highest BCUT2D eigenvalue weighted by molar-refractivity contribution is 6.04. The van der Waals surface area contributed by atoms with Gasteiger partial charge in [0.25, 0.3) is 5.91 Å². The first-order chi connectivity index (χ1) is 12.0. The molecule has 0 atom stereocenters. The van der Waals surface area contributed by atoms with Crippen LogP contribution in [-0.2, 0) is 4.74 Å². The second-order valence-electron chi connectivity index (χ2n) is 5.84. The van der Waals surface area contributed by atoms with Crippen molar-refractivity contribution in [1.82, 2.24) is 4.98 Å². The fourth-order valence-electron chi connectivity index (χ4n) is 2.02. The Hall–Kier alpha value is -2.89. The molecule has 1 aromatic heterocycles. The molecule has 0 spiro atoms. The van der Waals surface area contributed by atoms with Gasteiger partial charge in [0.05, 0.1) is 18.8 Å². The number of hydrogen-bond acceptors (Lipinski definition) is 5. The van der Waals surface area contributed by atoms with Gasteiger partial charge in [-0.3, -0.25) is 4.79 Å². The maximum atomic E-state index is 12.4. The minimum atomic E-state index is -0.454. The summed E-state index contributed by atoms with van der Waals surface area (Å²) in [7, 11) is 0. The van der Waals surface area contributed by atoms with Crippen molar-refractivity contribution in [3.05, 3.63) is 53.7 Å². The van der Waals surface area contributed by atoms with Crippen LogP contribution in [-0.4, -0.2) is 30.1 Å². The lowest BCUT2D eigenvalue weighted by Gasteiger charge is -2.10. The Balaban J connectivity index is 2.08. The summed E-state index contributed by atoms with van der Waals surface area (Å²) in [6.07, 6.45) is 1.45. The molecule has 1 heterocycles. The molecule has 6 heteroatoms. The van der Waals surface area contributed by atoms with Crippen molar-refractivity contribution < 1.29 is 19.1 Å². The molecule has 1 N–H and O–H groups in total. The standard InChI is InChI=1S/C19H22N2O4/c1-4-24-19(23)15-8-9-20-17(11-15)21-18(22)14-6-5-7-16(10-14)25-12-13(2)3/h5-11,13H,4,12H2,1-3H3,(H,20,21,22). The van der Waals surface area contributed by atoms with E-state index >= 15 is 0 Å². The molecule has 1 aromatic carbocycles. The fraction of sp³-hybridized carbons (Fsp3) is 0.316. The van der Waals surface area contributed by atoms with Crippen LogP contribution in [0.1, 0.15) is 41.5 Å². The number of aromatic nitrogens is 1. The van der Waals surface area contributed by atoms with E-state index in [1.54, 1.807) is 31.2 Å². The number of benzene rings is 1. The number of nitrogens with one attached hydrogen (secondary N) is 1. The Morgan fingerprint density at radius 2 is 1.96 bits per heavy atom. The Labute approximate surface area is 147 Å². The Kier molecular flexibility index (Phi) is 6.51. The van der Waals surface area contributed by atoms with Crippen molar-refractivity contribution in [2.45, 2.75) is 20.8 Å². The zero-order valence-corrected chi connectivity index (χ0v) is 14.6. The van der Waals surface area contributed by atoms with Crippen LogP contribution in [0, 0.1) is 5.92 Å². The zero-order valence-electron chi connectivity index (χ0n) is 14.6. The van der Waals surface area contributed by atoms with Crippen LogP contribution in [0.5, 0.6) is 5.75 Å². The maximum absolute atomic E-state index is 12.4. The van der Waals surface area contributed by atoms with Gasteiger partial charge in [0.1, 0.15) is 11.6 Å². The molecule has 0 aliphatic rings. The third kappa shape index (κ3) is 5.60. The van der Waals surface area contributed by atoms with E-state index in [-0.39, 0.29) is 18.3 Å². The molecule has 0 radical (unpaired) electrons. The van der Waals surface area contributed by atoms with E-state index in [0.717, 1.165) is 0 Å². The first-order valence-corrected chi connectivity index (χ1v) is 8.17. The summed E-state index contributed by atoms with van der Waals surface area (Å²) in [5.41, 5.74) is 0.783. The van der Waals surface area contributed by atoms with Gasteiger partial charge in [0.15, 0.2) is 0 Å². The summed E-state index contributed by atoms with van der Waals surface area (Å²) in [5.74, 6) is 0.527. The molecule has 0 bridgehead atoms. The normalized spacial score (nSPS) is 10.4. The van der Waals surface area contributed by atoms with Crippen molar-refractivity contribution in [2.75, 3.05) is 18.5 Å². The van der Waals surface area contributed by atoms with Gasteiger partial charge in [-0.25, -0.2) is 9.78 Å². The van der Waals surface area contributed by atoms with E-state index in [1.807, 2.05) is 0 Å². The molecule has 0 saturated heterocycles. The van der Waals surface area contributed by atoms with Gasteiger partial charge in [-0.05, 0) is 43.2 Å². The number of esters is 1. The van der Waals surface area contributed by atoms with Crippen molar-refractivity contribution in [3.63, 3.8) is 0 Å². The third-order valence-electron chi connectivity index (χ3n) is 3.19. The molecule has 132 valence electrons. The van der Waals surface area contributed by atoms with Gasteiger partial charge in [0, 0.05) is 11.8 Å². The number of ether oxygens (including phenoxy) is 2. The average molecular weight is 342 g/mol. The highest BCUT2D eigenvalue weighted by Gasteiger charge is 2.11. The molecule has 6 nitrogen and oxygen atoms in total. The smallest absolute Gasteiger partial charge is 0.338 e.